The van der Waals surface area contributed by atoms with Crippen molar-refractivity contribution >= 4 is 50.0 Å². The predicted octanol–water partition coefficient (Wildman–Crippen LogP) is 3.88. The summed E-state index contributed by atoms with van der Waals surface area (Å²) >= 11 is 3.44. The molecule has 1 aliphatic heterocycles. The molecule has 1 aliphatic rings. The van der Waals surface area contributed by atoms with Gasteiger partial charge >= 0.3 is 0 Å². The van der Waals surface area contributed by atoms with Gasteiger partial charge in [0.25, 0.3) is 5.91 Å². The number of primary amides is 1. The van der Waals surface area contributed by atoms with Gasteiger partial charge in [0, 0.05) is 34.4 Å². The van der Waals surface area contributed by atoms with Gasteiger partial charge in [-0.25, -0.2) is 0 Å². The molecule has 3 aromatic rings. The molecule has 0 saturated carbocycles. The first kappa shape index (κ1) is 18.6. The largest absolute Gasteiger partial charge is 0.370 e. The van der Waals surface area contributed by atoms with Crippen molar-refractivity contribution in [3.63, 3.8) is 0 Å². The maximum atomic E-state index is 12.8. The van der Waals surface area contributed by atoms with Gasteiger partial charge in [-0.3, -0.25) is 9.59 Å². The third-order valence-electron chi connectivity index (χ3n) is 5.22. The van der Waals surface area contributed by atoms with E-state index in [0.717, 1.165) is 52.7 Å². The van der Waals surface area contributed by atoms with E-state index in [-0.39, 0.29) is 17.7 Å². The predicted molar refractivity (Wildman–Crippen MR) is 115 cm³/mol. The minimum Gasteiger partial charge on any atom is -0.370 e. The van der Waals surface area contributed by atoms with Gasteiger partial charge in [0.05, 0.1) is 11.4 Å². The third-order valence-corrected chi connectivity index (χ3v) is 5.71. The minimum absolute atomic E-state index is 0.0660. The number of nitrogens with one attached hydrogen (secondary N) is 2. The highest BCUT2D eigenvalue weighted by Crippen LogP contribution is 2.30. The zero-order valence-electron chi connectivity index (χ0n) is 15.2. The molecule has 6 nitrogen and oxygen atoms in total. The second-order valence-corrected chi connectivity index (χ2v) is 7.97. The lowest BCUT2D eigenvalue weighted by molar-refractivity contribution is -0.122. The van der Waals surface area contributed by atoms with Crippen LogP contribution in [0.5, 0.6) is 0 Å². The molecular formula is C21H21BrN4O2. The van der Waals surface area contributed by atoms with Crippen LogP contribution in [-0.2, 0) is 4.79 Å². The summed E-state index contributed by atoms with van der Waals surface area (Å²) in [5, 5.41) is 4.00. The molecule has 28 heavy (non-hydrogen) atoms. The van der Waals surface area contributed by atoms with Gasteiger partial charge in [-0.1, -0.05) is 34.1 Å². The van der Waals surface area contributed by atoms with Gasteiger partial charge in [0.1, 0.15) is 5.69 Å². The third kappa shape index (κ3) is 3.75. The second-order valence-electron chi connectivity index (χ2n) is 7.05. The molecule has 0 spiro atoms. The molecular weight excluding hydrogens is 420 g/mol. The highest BCUT2D eigenvalue weighted by atomic mass is 79.9. The summed E-state index contributed by atoms with van der Waals surface area (Å²) in [7, 11) is 0. The Morgan fingerprint density at radius 3 is 2.61 bits per heavy atom. The number of hydrogen-bond donors (Lipinski definition) is 3. The summed E-state index contributed by atoms with van der Waals surface area (Å²) in [4.78, 5) is 29.6. The first-order chi connectivity index (χ1) is 13.5. The van der Waals surface area contributed by atoms with Crippen molar-refractivity contribution in [3.05, 3.63) is 58.7 Å². The molecule has 0 radical (unpaired) electrons. The van der Waals surface area contributed by atoms with Crippen LogP contribution in [-0.4, -0.2) is 29.9 Å². The van der Waals surface area contributed by atoms with Crippen LogP contribution in [0.4, 0.5) is 11.4 Å². The SMILES string of the molecule is NC(=O)C1CCN(c2ccccc2NC(=O)c2cc3ccc(Br)cc3[nH]2)CC1. The molecule has 144 valence electrons. The zero-order chi connectivity index (χ0) is 19.7. The van der Waals surface area contributed by atoms with Crippen LogP contribution in [0.15, 0.2) is 53.0 Å². The lowest BCUT2D eigenvalue weighted by atomic mass is 9.96. The number of benzene rings is 2. The van der Waals surface area contributed by atoms with Gasteiger partial charge in [-0.15, -0.1) is 0 Å². The van der Waals surface area contributed by atoms with Crippen LogP contribution in [0.25, 0.3) is 10.9 Å². The van der Waals surface area contributed by atoms with Crippen molar-refractivity contribution in [1.29, 1.82) is 0 Å². The van der Waals surface area contributed by atoms with Crippen molar-refractivity contribution in [2.45, 2.75) is 12.8 Å². The van der Waals surface area contributed by atoms with Gasteiger partial charge < -0.3 is 20.9 Å². The first-order valence-corrected chi connectivity index (χ1v) is 10.0. The fourth-order valence-corrected chi connectivity index (χ4v) is 4.03. The molecule has 1 fully saturated rings. The summed E-state index contributed by atoms with van der Waals surface area (Å²) in [5.41, 5.74) is 8.56. The number of rotatable bonds is 4. The zero-order valence-corrected chi connectivity index (χ0v) is 16.8. The number of nitrogens with two attached hydrogens (primary N) is 1. The number of fused-ring (bicyclic) bond motifs is 1. The number of anilines is 2. The van der Waals surface area contributed by atoms with E-state index in [1.54, 1.807) is 0 Å². The second kappa shape index (κ2) is 7.67. The van der Waals surface area contributed by atoms with Crippen molar-refractivity contribution in [2.75, 3.05) is 23.3 Å². The number of para-hydroxylation sites is 2. The lowest BCUT2D eigenvalue weighted by Crippen LogP contribution is -2.38. The maximum absolute atomic E-state index is 12.8. The Bertz CT molecular complexity index is 1040. The van der Waals surface area contributed by atoms with Gasteiger partial charge in [0.2, 0.25) is 5.91 Å². The fraction of sp³-hybridized carbons (Fsp3) is 0.238. The monoisotopic (exact) mass is 440 g/mol. The van der Waals surface area contributed by atoms with E-state index in [2.05, 4.69) is 31.1 Å². The van der Waals surface area contributed by atoms with E-state index < -0.39 is 0 Å². The molecule has 0 aliphatic carbocycles. The Morgan fingerprint density at radius 2 is 1.86 bits per heavy atom. The Kier molecular flexibility index (Phi) is 5.09. The van der Waals surface area contributed by atoms with Gasteiger partial charge in [0.15, 0.2) is 0 Å². The van der Waals surface area contributed by atoms with Gasteiger partial charge in [-0.2, -0.15) is 0 Å². The van der Waals surface area contributed by atoms with Crippen molar-refractivity contribution in [2.24, 2.45) is 11.7 Å². The molecule has 2 heterocycles. The normalized spacial score (nSPS) is 15.0. The van der Waals surface area contributed by atoms with Crippen LogP contribution in [0.3, 0.4) is 0 Å². The molecule has 0 atom stereocenters. The summed E-state index contributed by atoms with van der Waals surface area (Å²) < 4.78 is 0.957. The minimum atomic E-state index is -0.230. The van der Waals surface area contributed by atoms with Gasteiger partial charge in [-0.05, 0) is 43.2 Å². The van der Waals surface area contributed by atoms with Crippen LogP contribution in [0.2, 0.25) is 0 Å². The average Bonchev–Trinajstić information content (AvgIpc) is 3.12. The van der Waals surface area contributed by atoms with Crippen molar-refractivity contribution in [3.8, 4) is 0 Å². The topological polar surface area (TPSA) is 91.2 Å². The number of carbonyl (C=O) groups excluding carboxylic acids is 2. The highest BCUT2D eigenvalue weighted by molar-refractivity contribution is 9.10. The Labute approximate surface area is 171 Å². The number of nitrogens with zero attached hydrogens (tertiary/aromatic N) is 1. The van der Waals surface area contributed by atoms with E-state index in [9.17, 15) is 9.59 Å². The number of halogens is 1. The van der Waals surface area contributed by atoms with E-state index in [1.807, 2.05) is 48.5 Å². The summed E-state index contributed by atoms with van der Waals surface area (Å²) in [6.07, 6.45) is 1.46. The number of piperidine rings is 1. The number of aromatic amines is 1. The molecule has 0 bridgehead atoms. The fourth-order valence-electron chi connectivity index (χ4n) is 3.67. The van der Waals surface area contributed by atoms with Crippen LogP contribution in [0, 0.1) is 5.92 Å². The molecule has 7 heteroatoms. The molecule has 1 saturated heterocycles. The van der Waals surface area contributed by atoms with Crippen LogP contribution < -0.4 is 16.0 Å². The van der Waals surface area contributed by atoms with Crippen LogP contribution in [0.1, 0.15) is 23.3 Å². The number of carbonyl (C=O) groups is 2. The quantitative estimate of drug-likeness (QED) is 0.574. The average molecular weight is 441 g/mol. The molecule has 1 aromatic heterocycles. The lowest BCUT2D eigenvalue weighted by Gasteiger charge is -2.33. The Balaban J connectivity index is 1.53. The number of aromatic nitrogens is 1. The molecule has 2 amide bonds. The molecule has 4 rings (SSSR count). The number of hydrogen-bond acceptors (Lipinski definition) is 3. The van der Waals surface area contributed by atoms with E-state index in [0.29, 0.717) is 5.69 Å². The maximum Gasteiger partial charge on any atom is 0.272 e. The summed E-state index contributed by atoms with van der Waals surface area (Å²) in [6, 6.07) is 15.4. The van der Waals surface area contributed by atoms with E-state index in [1.165, 1.54) is 0 Å². The van der Waals surface area contributed by atoms with Crippen molar-refractivity contribution < 1.29 is 9.59 Å². The summed E-state index contributed by atoms with van der Waals surface area (Å²) in [6.45, 7) is 1.47. The Morgan fingerprint density at radius 1 is 1.11 bits per heavy atom. The van der Waals surface area contributed by atoms with E-state index in [4.69, 9.17) is 5.73 Å². The van der Waals surface area contributed by atoms with Crippen molar-refractivity contribution in [1.82, 2.24) is 4.98 Å². The first-order valence-electron chi connectivity index (χ1n) is 9.24. The summed E-state index contributed by atoms with van der Waals surface area (Å²) in [5.74, 6) is -0.484. The highest BCUT2D eigenvalue weighted by Gasteiger charge is 2.24. The van der Waals surface area contributed by atoms with Crippen LogP contribution >= 0.6 is 15.9 Å². The smallest absolute Gasteiger partial charge is 0.272 e. The Hall–Kier alpha value is -2.80. The molecule has 2 aromatic carbocycles. The standard InChI is InChI=1S/C21H21BrN4O2/c22-15-6-5-14-11-18(24-17(14)12-15)21(28)25-16-3-1-2-4-19(16)26-9-7-13(8-10-26)20(23)27/h1-6,11-13,24H,7-10H2,(H2,23,27)(H,25,28). The number of amides is 2. The van der Waals surface area contributed by atoms with E-state index >= 15 is 0 Å². The molecule has 0 unspecified atom stereocenters. The molecule has 4 N–H and O–H groups in total. The number of H-pyrrole nitrogens is 1.